The predicted octanol–water partition coefficient (Wildman–Crippen LogP) is 2.97. The van der Waals surface area contributed by atoms with Gasteiger partial charge in [-0.1, -0.05) is 32.1 Å². The third-order valence-electron chi connectivity index (χ3n) is 3.56. The summed E-state index contributed by atoms with van der Waals surface area (Å²) in [4.78, 5) is 14.3. The summed E-state index contributed by atoms with van der Waals surface area (Å²) in [5, 5.41) is 3.49. The molecular weight excluding hydrogens is 262 g/mol. The first-order valence-electron chi connectivity index (χ1n) is 6.98. The second-order valence-electron chi connectivity index (χ2n) is 5.34. The molecule has 0 aromatic carbocycles. The molecule has 0 unspecified atom stereocenters. The molecule has 0 amide bonds. The summed E-state index contributed by atoms with van der Waals surface area (Å²) in [6, 6.07) is 0. The van der Waals surface area contributed by atoms with Crippen LogP contribution in [0.2, 0.25) is 5.28 Å². The van der Waals surface area contributed by atoms with Gasteiger partial charge in [-0.15, -0.1) is 0 Å². The molecule has 0 atom stereocenters. The Morgan fingerprint density at radius 3 is 2.58 bits per heavy atom. The highest BCUT2D eigenvalue weighted by atomic mass is 35.5. The second kappa shape index (κ2) is 6.89. The van der Waals surface area contributed by atoms with E-state index in [0.29, 0.717) is 11.9 Å². The maximum Gasteiger partial charge on any atom is 0.230 e. The van der Waals surface area contributed by atoms with Gasteiger partial charge in [0.2, 0.25) is 17.2 Å². The number of halogens is 1. The molecule has 0 radical (unpaired) electrons. The molecule has 0 saturated heterocycles. The molecule has 1 aromatic rings. The molecule has 0 aliphatic heterocycles. The van der Waals surface area contributed by atoms with E-state index < -0.39 is 0 Å². The molecule has 1 aliphatic carbocycles. The molecular formula is C13H22ClN5. The Morgan fingerprint density at radius 2 is 1.89 bits per heavy atom. The first-order chi connectivity index (χ1) is 9.15. The Labute approximate surface area is 119 Å². The van der Waals surface area contributed by atoms with Crippen molar-refractivity contribution in [1.82, 2.24) is 15.0 Å². The predicted molar refractivity (Wildman–Crippen MR) is 78.8 cm³/mol. The maximum atomic E-state index is 5.89. The first-order valence-corrected chi connectivity index (χ1v) is 7.35. The van der Waals surface area contributed by atoms with E-state index in [-0.39, 0.29) is 5.28 Å². The van der Waals surface area contributed by atoms with Gasteiger partial charge in [0.1, 0.15) is 0 Å². The minimum Gasteiger partial charge on any atom is -0.354 e. The average molecular weight is 284 g/mol. The lowest BCUT2D eigenvalue weighted by Gasteiger charge is -2.21. The van der Waals surface area contributed by atoms with Crippen LogP contribution in [-0.4, -0.2) is 35.6 Å². The fraction of sp³-hybridized carbons (Fsp3) is 0.769. The van der Waals surface area contributed by atoms with Gasteiger partial charge in [0, 0.05) is 20.6 Å². The van der Waals surface area contributed by atoms with Gasteiger partial charge >= 0.3 is 0 Å². The van der Waals surface area contributed by atoms with E-state index in [2.05, 4.69) is 20.3 Å². The Bertz CT molecular complexity index is 404. The number of aromatic nitrogens is 3. The van der Waals surface area contributed by atoms with E-state index in [1.54, 1.807) is 0 Å². The fourth-order valence-electron chi connectivity index (χ4n) is 2.48. The molecule has 1 aliphatic rings. The van der Waals surface area contributed by atoms with Gasteiger partial charge in [-0.25, -0.2) is 0 Å². The van der Waals surface area contributed by atoms with E-state index >= 15 is 0 Å². The molecule has 1 saturated carbocycles. The lowest BCUT2D eigenvalue weighted by molar-refractivity contribution is 0.345. The molecule has 1 N–H and O–H groups in total. The third kappa shape index (κ3) is 4.49. The zero-order chi connectivity index (χ0) is 13.7. The molecule has 106 valence electrons. The topological polar surface area (TPSA) is 53.9 Å². The summed E-state index contributed by atoms with van der Waals surface area (Å²) < 4.78 is 0. The van der Waals surface area contributed by atoms with Crippen LogP contribution in [0.1, 0.15) is 38.5 Å². The molecule has 2 rings (SSSR count). The van der Waals surface area contributed by atoms with Crippen molar-refractivity contribution in [2.75, 3.05) is 30.9 Å². The van der Waals surface area contributed by atoms with Crippen LogP contribution in [-0.2, 0) is 0 Å². The van der Waals surface area contributed by atoms with Crippen molar-refractivity contribution in [3.63, 3.8) is 0 Å². The molecule has 0 spiro atoms. The number of anilines is 2. The lowest BCUT2D eigenvalue weighted by Crippen LogP contribution is -2.17. The lowest BCUT2D eigenvalue weighted by atomic mass is 9.87. The van der Waals surface area contributed by atoms with Crippen LogP contribution in [0.4, 0.5) is 11.9 Å². The zero-order valence-corrected chi connectivity index (χ0v) is 12.4. The molecule has 19 heavy (non-hydrogen) atoms. The highest BCUT2D eigenvalue weighted by Crippen LogP contribution is 2.26. The minimum atomic E-state index is 0.235. The van der Waals surface area contributed by atoms with Crippen molar-refractivity contribution < 1.29 is 0 Å². The van der Waals surface area contributed by atoms with Crippen LogP contribution in [0.5, 0.6) is 0 Å². The van der Waals surface area contributed by atoms with Crippen molar-refractivity contribution in [2.24, 2.45) is 5.92 Å². The fourth-order valence-corrected chi connectivity index (χ4v) is 2.64. The van der Waals surface area contributed by atoms with Crippen LogP contribution in [0, 0.1) is 5.92 Å². The van der Waals surface area contributed by atoms with Gasteiger partial charge in [-0.2, -0.15) is 15.0 Å². The van der Waals surface area contributed by atoms with Crippen molar-refractivity contribution in [2.45, 2.75) is 38.5 Å². The standard InChI is InChI=1S/C13H22ClN5/c1-19(2)13-17-11(14)16-12(18-13)15-9-8-10-6-4-3-5-7-10/h10H,3-9H2,1-2H3,(H,15,16,17,18). The van der Waals surface area contributed by atoms with Gasteiger partial charge in [0.15, 0.2) is 0 Å². The van der Waals surface area contributed by atoms with E-state index in [1.807, 2.05) is 19.0 Å². The third-order valence-corrected chi connectivity index (χ3v) is 3.73. The summed E-state index contributed by atoms with van der Waals surface area (Å²) in [6.07, 6.45) is 8.07. The van der Waals surface area contributed by atoms with Gasteiger partial charge in [0.25, 0.3) is 0 Å². The number of nitrogens with zero attached hydrogens (tertiary/aromatic N) is 4. The van der Waals surface area contributed by atoms with Crippen molar-refractivity contribution >= 4 is 23.5 Å². The molecule has 0 bridgehead atoms. The zero-order valence-electron chi connectivity index (χ0n) is 11.7. The van der Waals surface area contributed by atoms with E-state index in [9.17, 15) is 0 Å². The van der Waals surface area contributed by atoms with Gasteiger partial charge in [0.05, 0.1) is 0 Å². The average Bonchev–Trinajstić information content (AvgIpc) is 2.39. The number of hydrogen-bond donors (Lipinski definition) is 1. The highest BCUT2D eigenvalue weighted by molar-refractivity contribution is 6.28. The molecule has 1 heterocycles. The van der Waals surface area contributed by atoms with Crippen LogP contribution >= 0.6 is 11.6 Å². The van der Waals surface area contributed by atoms with Crippen LogP contribution in [0.25, 0.3) is 0 Å². The minimum absolute atomic E-state index is 0.235. The number of hydrogen-bond acceptors (Lipinski definition) is 5. The Hall–Kier alpha value is -1.10. The first kappa shape index (κ1) is 14.3. The summed E-state index contributed by atoms with van der Waals surface area (Å²) in [6.45, 7) is 0.901. The Balaban J connectivity index is 1.84. The number of rotatable bonds is 5. The summed E-state index contributed by atoms with van der Waals surface area (Å²) in [7, 11) is 3.77. The van der Waals surface area contributed by atoms with Gasteiger partial charge < -0.3 is 10.2 Å². The van der Waals surface area contributed by atoms with Crippen molar-refractivity contribution in [3.05, 3.63) is 5.28 Å². The van der Waals surface area contributed by atoms with E-state index in [4.69, 9.17) is 11.6 Å². The van der Waals surface area contributed by atoms with Crippen LogP contribution in [0.15, 0.2) is 0 Å². The van der Waals surface area contributed by atoms with Gasteiger partial charge in [-0.05, 0) is 23.9 Å². The van der Waals surface area contributed by atoms with E-state index in [0.717, 1.165) is 12.5 Å². The summed E-state index contributed by atoms with van der Waals surface area (Å²) in [5.41, 5.74) is 0. The quantitative estimate of drug-likeness (QED) is 0.900. The van der Waals surface area contributed by atoms with Crippen LogP contribution < -0.4 is 10.2 Å². The van der Waals surface area contributed by atoms with Crippen molar-refractivity contribution in [3.8, 4) is 0 Å². The van der Waals surface area contributed by atoms with Crippen molar-refractivity contribution in [1.29, 1.82) is 0 Å². The highest BCUT2D eigenvalue weighted by Gasteiger charge is 2.13. The smallest absolute Gasteiger partial charge is 0.230 e. The largest absolute Gasteiger partial charge is 0.354 e. The monoisotopic (exact) mass is 283 g/mol. The molecule has 1 aromatic heterocycles. The van der Waals surface area contributed by atoms with Crippen LogP contribution in [0.3, 0.4) is 0 Å². The van der Waals surface area contributed by atoms with E-state index in [1.165, 1.54) is 38.5 Å². The normalized spacial score (nSPS) is 16.4. The maximum absolute atomic E-state index is 5.89. The Kier molecular flexibility index (Phi) is 5.19. The molecule has 5 nitrogen and oxygen atoms in total. The second-order valence-corrected chi connectivity index (χ2v) is 5.68. The molecule has 6 heteroatoms. The van der Waals surface area contributed by atoms with Gasteiger partial charge in [-0.3, -0.25) is 0 Å². The number of nitrogens with one attached hydrogen (secondary N) is 1. The Morgan fingerprint density at radius 1 is 1.16 bits per heavy atom. The summed E-state index contributed by atoms with van der Waals surface area (Å²) >= 11 is 5.89. The summed E-state index contributed by atoms with van der Waals surface area (Å²) in [5.74, 6) is 2.01. The SMILES string of the molecule is CN(C)c1nc(Cl)nc(NCCC2CCCCC2)n1. The molecule has 1 fully saturated rings.